The van der Waals surface area contributed by atoms with Crippen LogP contribution in [0.25, 0.3) is 0 Å². The summed E-state index contributed by atoms with van der Waals surface area (Å²) in [6, 6.07) is 9.50. The fourth-order valence-corrected chi connectivity index (χ4v) is 2.73. The molecule has 2 N–H and O–H groups in total. The van der Waals surface area contributed by atoms with Crippen molar-refractivity contribution in [2.24, 2.45) is 0 Å². The van der Waals surface area contributed by atoms with E-state index in [2.05, 4.69) is 10.6 Å². The largest absolute Gasteiger partial charge is 0.493 e. The Kier molecular flexibility index (Phi) is 3.37. The summed E-state index contributed by atoms with van der Waals surface area (Å²) in [5.41, 5.74) is 1.91. The predicted octanol–water partition coefficient (Wildman–Crippen LogP) is 3.00. The van der Waals surface area contributed by atoms with E-state index in [1.54, 1.807) is 11.3 Å². The topological polar surface area (TPSA) is 50.4 Å². The number of hydrogen-bond acceptors (Lipinski definition) is 3. The van der Waals surface area contributed by atoms with Crippen LogP contribution in [0.2, 0.25) is 0 Å². The van der Waals surface area contributed by atoms with Crippen molar-refractivity contribution in [1.82, 2.24) is 5.32 Å². The van der Waals surface area contributed by atoms with Gasteiger partial charge in [-0.2, -0.15) is 0 Å². The average molecular weight is 274 g/mol. The van der Waals surface area contributed by atoms with E-state index in [0.29, 0.717) is 13.2 Å². The second-order valence-electron chi connectivity index (χ2n) is 4.27. The molecule has 0 radical (unpaired) electrons. The molecule has 0 unspecified atom stereocenters. The molecular weight excluding hydrogens is 260 g/mol. The van der Waals surface area contributed by atoms with Gasteiger partial charge in [0.05, 0.1) is 13.2 Å². The van der Waals surface area contributed by atoms with Gasteiger partial charge in [0.1, 0.15) is 5.75 Å². The zero-order chi connectivity index (χ0) is 13.1. The summed E-state index contributed by atoms with van der Waals surface area (Å²) in [5.74, 6) is 0.871. The van der Waals surface area contributed by atoms with Gasteiger partial charge in [0.15, 0.2) is 0 Å². The summed E-state index contributed by atoms with van der Waals surface area (Å²) in [6.07, 6.45) is 0.844. The first-order valence-corrected chi connectivity index (χ1v) is 7.03. The summed E-state index contributed by atoms with van der Waals surface area (Å²) in [7, 11) is 0. The van der Waals surface area contributed by atoms with Crippen molar-refractivity contribution in [2.75, 3.05) is 11.9 Å². The number of anilines is 1. The van der Waals surface area contributed by atoms with Crippen molar-refractivity contribution in [3.05, 3.63) is 46.2 Å². The molecule has 5 heteroatoms. The molecule has 0 aliphatic carbocycles. The number of nitrogens with one attached hydrogen (secondary N) is 2. The third-order valence-electron chi connectivity index (χ3n) is 2.99. The van der Waals surface area contributed by atoms with E-state index < -0.39 is 0 Å². The maximum absolute atomic E-state index is 11.8. The minimum absolute atomic E-state index is 0.186. The summed E-state index contributed by atoms with van der Waals surface area (Å²) >= 11 is 1.63. The fourth-order valence-electron chi connectivity index (χ4n) is 2.09. The SMILES string of the molecule is O=C(NCc1cccs1)Nc1cccc2c1CCO2. The van der Waals surface area contributed by atoms with Gasteiger partial charge in [-0.15, -0.1) is 11.3 Å². The highest BCUT2D eigenvalue weighted by atomic mass is 32.1. The van der Waals surface area contributed by atoms with Crippen LogP contribution in [0.4, 0.5) is 10.5 Å². The number of urea groups is 1. The number of thiophene rings is 1. The Bertz CT molecular complexity index is 581. The highest BCUT2D eigenvalue weighted by Gasteiger charge is 2.16. The third kappa shape index (κ3) is 2.71. The molecule has 1 aromatic heterocycles. The average Bonchev–Trinajstić information content (AvgIpc) is 3.08. The lowest BCUT2D eigenvalue weighted by Gasteiger charge is -2.09. The lowest BCUT2D eigenvalue weighted by Crippen LogP contribution is -2.28. The molecule has 3 rings (SSSR count). The van der Waals surface area contributed by atoms with Crippen molar-refractivity contribution in [2.45, 2.75) is 13.0 Å². The zero-order valence-electron chi connectivity index (χ0n) is 10.3. The molecular formula is C14H14N2O2S. The standard InChI is InChI=1S/C14H14N2O2S/c17-14(15-9-10-3-2-8-19-10)16-12-4-1-5-13-11(12)6-7-18-13/h1-5,8H,6-7,9H2,(H2,15,16,17). The quantitative estimate of drug-likeness (QED) is 0.904. The zero-order valence-corrected chi connectivity index (χ0v) is 11.1. The molecule has 2 aromatic rings. The van der Waals surface area contributed by atoms with E-state index in [1.807, 2.05) is 35.7 Å². The Labute approximate surface area is 115 Å². The molecule has 1 aliphatic rings. The van der Waals surface area contributed by atoms with E-state index in [-0.39, 0.29) is 6.03 Å². The minimum atomic E-state index is -0.186. The molecule has 0 saturated carbocycles. The van der Waals surface area contributed by atoms with Crippen LogP contribution in [0.15, 0.2) is 35.7 Å². The van der Waals surface area contributed by atoms with Gasteiger partial charge in [-0.3, -0.25) is 0 Å². The lowest BCUT2D eigenvalue weighted by atomic mass is 10.1. The van der Waals surface area contributed by atoms with Crippen LogP contribution in [0.5, 0.6) is 5.75 Å². The Hall–Kier alpha value is -2.01. The van der Waals surface area contributed by atoms with Crippen molar-refractivity contribution in [3.63, 3.8) is 0 Å². The van der Waals surface area contributed by atoms with Crippen LogP contribution < -0.4 is 15.4 Å². The van der Waals surface area contributed by atoms with Crippen LogP contribution in [0.3, 0.4) is 0 Å². The van der Waals surface area contributed by atoms with Gasteiger partial charge in [-0.25, -0.2) is 4.79 Å². The minimum Gasteiger partial charge on any atom is -0.493 e. The van der Waals surface area contributed by atoms with Crippen LogP contribution in [-0.2, 0) is 13.0 Å². The molecule has 0 saturated heterocycles. The third-order valence-corrected chi connectivity index (χ3v) is 3.87. The van der Waals surface area contributed by atoms with E-state index in [9.17, 15) is 4.79 Å². The Morgan fingerprint density at radius 3 is 3.11 bits per heavy atom. The molecule has 2 heterocycles. The van der Waals surface area contributed by atoms with Gasteiger partial charge < -0.3 is 15.4 Å². The van der Waals surface area contributed by atoms with Crippen molar-refractivity contribution < 1.29 is 9.53 Å². The maximum Gasteiger partial charge on any atom is 0.319 e. The van der Waals surface area contributed by atoms with Crippen LogP contribution >= 0.6 is 11.3 Å². The van der Waals surface area contributed by atoms with Gasteiger partial charge in [0, 0.05) is 22.5 Å². The summed E-state index contributed by atoms with van der Waals surface area (Å²) in [4.78, 5) is 13.0. The fraction of sp³-hybridized carbons (Fsp3) is 0.214. The summed E-state index contributed by atoms with van der Waals surface area (Å²) in [5, 5.41) is 7.72. The number of hydrogen-bond donors (Lipinski definition) is 2. The molecule has 4 nitrogen and oxygen atoms in total. The summed E-state index contributed by atoms with van der Waals surface area (Å²) in [6.45, 7) is 1.24. The van der Waals surface area contributed by atoms with E-state index >= 15 is 0 Å². The summed E-state index contributed by atoms with van der Waals surface area (Å²) < 4.78 is 5.47. The molecule has 0 spiro atoms. The molecule has 98 valence electrons. The van der Waals surface area contributed by atoms with Crippen molar-refractivity contribution in [1.29, 1.82) is 0 Å². The van der Waals surface area contributed by atoms with E-state index in [0.717, 1.165) is 28.3 Å². The highest BCUT2D eigenvalue weighted by molar-refractivity contribution is 7.09. The number of fused-ring (bicyclic) bond motifs is 1. The van der Waals surface area contributed by atoms with Crippen molar-refractivity contribution >= 4 is 23.1 Å². The Balaban J connectivity index is 1.62. The Morgan fingerprint density at radius 2 is 2.26 bits per heavy atom. The van der Waals surface area contributed by atoms with Crippen molar-refractivity contribution in [3.8, 4) is 5.75 Å². The van der Waals surface area contributed by atoms with Crippen LogP contribution in [0.1, 0.15) is 10.4 Å². The van der Waals surface area contributed by atoms with Crippen LogP contribution in [-0.4, -0.2) is 12.6 Å². The normalized spacial score (nSPS) is 12.6. The van der Waals surface area contributed by atoms with Gasteiger partial charge in [-0.05, 0) is 23.6 Å². The molecule has 0 atom stereocenters. The van der Waals surface area contributed by atoms with Gasteiger partial charge >= 0.3 is 6.03 Å². The molecule has 1 aliphatic heterocycles. The number of amides is 2. The van der Waals surface area contributed by atoms with Gasteiger partial charge in [-0.1, -0.05) is 12.1 Å². The van der Waals surface area contributed by atoms with Crippen LogP contribution in [0, 0.1) is 0 Å². The smallest absolute Gasteiger partial charge is 0.319 e. The Morgan fingerprint density at radius 1 is 1.32 bits per heavy atom. The van der Waals surface area contributed by atoms with E-state index in [4.69, 9.17) is 4.74 Å². The highest BCUT2D eigenvalue weighted by Crippen LogP contribution is 2.31. The number of benzene rings is 1. The second kappa shape index (κ2) is 5.32. The first-order chi connectivity index (χ1) is 9.33. The molecule has 2 amide bonds. The number of ether oxygens (including phenoxy) is 1. The first kappa shape index (κ1) is 12.0. The monoisotopic (exact) mass is 274 g/mol. The van der Waals surface area contributed by atoms with Gasteiger partial charge in [0.25, 0.3) is 0 Å². The number of carbonyl (C=O) groups excluding carboxylic acids is 1. The predicted molar refractivity (Wildman–Crippen MR) is 75.8 cm³/mol. The number of rotatable bonds is 3. The second-order valence-corrected chi connectivity index (χ2v) is 5.30. The maximum atomic E-state index is 11.8. The molecule has 1 aromatic carbocycles. The molecule has 0 bridgehead atoms. The first-order valence-electron chi connectivity index (χ1n) is 6.15. The van der Waals surface area contributed by atoms with E-state index in [1.165, 1.54) is 0 Å². The lowest BCUT2D eigenvalue weighted by molar-refractivity contribution is 0.252. The molecule has 19 heavy (non-hydrogen) atoms. The molecule has 0 fully saturated rings. The number of carbonyl (C=O) groups is 1. The van der Waals surface area contributed by atoms with Gasteiger partial charge in [0.2, 0.25) is 0 Å².